The van der Waals surface area contributed by atoms with E-state index in [1.54, 1.807) is 39.0 Å². The molecule has 0 heterocycles. The summed E-state index contributed by atoms with van der Waals surface area (Å²) in [5.41, 5.74) is -0.255. The van der Waals surface area contributed by atoms with Crippen molar-refractivity contribution in [3.05, 3.63) is 48.1 Å². The summed E-state index contributed by atoms with van der Waals surface area (Å²) in [5.74, 6) is -0.974. The van der Waals surface area contributed by atoms with Crippen LogP contribution in [0, 0.1) is 11.8 Å². The fraction of sp³-hybridized carbons (Fsp3) is 0.756. The fourth-order valence-electron chi connectivity index (χ4n) is 6.26. The van der Waals surface area contributed by atoms with Gasteiger partial charge in [0.2, 0.25) is 0 Å². The van der Waals surface area contributed by atoms with E-state index in [-0.39, 0.29) is 37.0 Å². The van der Waals surface area contributed by atoms with Crippen molar-refractivity contribution in [1.29, 1.82) is 0 Å². The average Bonchev–Trinajstić information content (AvgIpc) is 3.04. The lowest BCUT2D eigenvalue weighted by atomic mass is 9.77. The lowest BCUT2D eigenvalue weighted by Crippen LogP contribution is -2.29. The van der Waals surface area contributed by atoms with Crippen LogP contribution in [-0.4, -0.2) is 46.6 Å². The summed E-state index contributed by atoms with van der Waals surface area (Å²) in [6, 6.07) is 0. The SMILES string of the molecule is C=C1C/C=C\[C@@](C)(O)CC[C@H](/C(=C\C=C\C(C)(C)O)COC(=O)CCCCCCCCCCCCCCCCCC)[C@H]1COC(C)=O. The van der Waals surface area contributed by atoms with Gasteiger partial charge in [-0.05, 0) is 57.9 Å². The Morgan fingerprint density at radius 2 is 1.47 bits per heavy atom. The van der Waals surface area contributed by atoms with Gasteiger partial charge in [0.05, 0.1) is 17.8 Å². The highest BCUT2D eigenvalue weighted by atomic mass is 16.5. The van der Waals surface area contributed by atoms with Crippen LogP contribution in [-0.2, 0) is 19.1 Å². The van der Waals surface area contributed by atoms with Crippen molar-refractivity contribution in [3.63, 3.8) is 0 Å². The first-order valence-electron chi connectivity index (χ1n) is 18.8. The zero-order chi connectivity index (χ0) is 35.0. The van der Waals surface area contributed by atoms with E-state index in [0.29, 0.717) is 25.7 Å². The number of carbonyl (C=O) groups is 2. The number of allylic oxidation sites excluding steroid dienone is 3. The number of carbonyl (C=O) groups excluding carboxylic acids is 2. The zero-order valence-electron chi connectivity index (χ0n) is 30.8. The molecule has 0 fully saturated rings. The van der Waals surface area contributed by atoms with Crippen LogP contribution in [0.15, 0.2) is 48.1 Å². The molecule has 1 rings (SSSR count). The Kier molecular flexibility index (Phi) is 22.7. The Balaban J connectivity index is 2.59. The van der Waals surface area contributed by atoms with Gasteiger partial charge in [0.25, 0.3) is 0 Å². The van der Waals surface area contributed by atoms with Crippen LogP contribution in [0.2, 0.25) is 0 Å². The average molecular weight is 659 g/mol. The second-order valence-electron chi connectivity index (χ2n) is 14.6. The van der Waals surface area contributed by atoms with Crippen LogP contribution in [0.4, 0.5) is 0 Å². The third-order valence-corrected chi connectivity index (χ3v) is 9.22. The minimum atomic E-state index is -1.00. The summed E-state index contributed by atoms with van der Waals surface area (Å²) in [6.07, 6.45) is 31.7. The van der Waals surface area contributed by atoms with Gasteiger partial charge in [0.15, 0.2) is 0 Å². The topological polar surface area (TPSA) is 93.1 Å². The lowest BCUT2D eigenvalue weighted by Gasteiger charge is -2.31. The maximum atomic E-state index is 12.8. The molecule has 0 aromatic heterocycles. The minimum absolute atomic E-state index is 0.0952. The number of rotatable bonds is 24. The second kappa shape index (κ2) is 24.9. The maximum Gasteiger partial charge on any atom is 0.306 e. The molecule has 270 valence electrons. The molecule has 0 bridgehead atoms. The molecule has 2 N–H and O–H groups in total. The molecule has 0 saturated heterocycles. The van der Waals surface area contributed by atoms with E-state index in [2.05, 4.69) is 13.5 Å². The summed E-state index contributed by atoms with van der Waals surface area (Å²) in [4.78, 5) is 24.6. The smallest absolute Gasteiger partial charge is 0.306 e. The molecule has 0 spiro atoms. The number of hydrogen-bond acceptors (Lipinski definition) is 6. The lowest BCUT2D eigenvalue weighted by molar-refractivity contribution is -0.143. The van der Waals surface area contributed by atoms with Crippen molar-refractivity contribution < 1.29 is 29.3 Å². The first-order chi connectivity index (χ1) is 22.3. The van der Waals surface area contributed by atoms with E-state index in [1.165, 1.54) is 90.4 Å². The molecule has 0 radical (unpaired) electrons. The quantitative estimate of drug-likeness (QED) is 0.0464. The van der Waals surface area contributed by atoms with Crippen LogP contribution < -0.4 is 0 Å². The van der Waals surface area contributed by atoms with Gasteiger partial charge in [0.1, 0.15) is 6.61 Å². The van der Waals surface area contributed by atoms with E-state index < -0.39 is 11.2 Å². The molecular weight excluding hydrogens is 588 g/mol. The largest absolute Gasteiger partial charge is 0.465 e. The van der Waals surface area contributed by atoms with Crippen molar-refractivity contribution in [3.8, 4) is 0 Å². The minimum Gasteiger partial charge on any atom is -0.465 e. The molecule has 0 aromatic rings. The molecule has 0 unspecified atom stereocenters. The maximum absolute atomic E-state index is 12.8. The number of hydrogen-bond donors (Lipinski definition) is 2. The Labute approximate surface area is 288 Å². The predicted molar refractivity (Wildman–Crippen MR) is 195 cm³/mol. The van der Waals surface area contributed by atoms with E-state index in [1.807, 2.05) is 12.2 Å². The molecule has 47 heavy (non-hydrogen) atoms. The molecule has 1 aliphatic rings. The highest BCUT2D eigenvalue weighted by molar-refractivity contribution is 5.69. The zero-order valence-corrected chi connectivity index (χ0v) is 30.8. The van der Waals surface area contributed by atoms with Gasteiger partial charge in [-0.15, -0.1) is 0 Å². The second-order valence-corrected chi connectivity index (χ2v) is 14.6. The van der Waals surface area contributed by atoms with Crippen molar-refractivity contribution in [1.82, 2.24) is 0 Å². The Hall–Kier alpha value is -2.18. The normalized spacial score (nSPS) is 21.7. The highest BCUT2D eigenvalue weighted by Gasteiger charge is 2.32. The van der Waals surface area contributed by atoms with E-state index in [4.69, 9.17) is 9.47 Å². The third-order valence-electron chi connectivity index (χ3n) is 9.22. The van der Waals surface area contributed by atoms with Gasteiger partial charge in [-0.2, -0.15) is 0 Å². The van der Waals surface area contributed by atoms with Crippen LogP contribution in [0.3, 0.4) is 0 Å². The van der Waals surface area contributed by atoms with Crippen molar-refractivity contribution >= 4 is 11.9 Å². The van der Waals surface area contributed by atoms with Crippen LogP contribution >= 0.6 is 0 Å². The van der Waals surface area contributed by atoms with Gasteiger partial charge in [0, 0.05) is 19.3 Å². The standard InChI is InChI=1S/C41H70O6/c1-7-8-9-10-11-12-13-14-15-16-17-18-19-20-21-22-27-39(43)47-32-36(26-24-29-40(4,5)44)37-28-31-41(6,45)30-23-25-34(2)38(37)33-46-35(3)42/h23-24,26,29-30,37-38,44-45H,2,7-22,25,27-28,31-33H2,1,3-6H3/b29-24+,30-23-,36-26-/t37-,38+,41-/m1/s1. The van der Waals surface area contributed by atoms with E-state index in [9.17, 15) is 19.8 Å². The van der Waals surface area contributed by atoms with E-state index >= 15 is 0 Å². The van der Waals surface area contributed by atoms with E-state index in [0.717, 1.165) is 30.4 Å². The first kappa shape index (κ1) is 42.8. The molecule has 6 heteroatoms. The Morgan fingerprint density at radius 3 is 1.98 bits per heavy atom. The van der Waals surface area contributed by atoms with Crippen LogP contribution in [0.25, 0.3) is 0 Å². The summed E-state index contributed by atoms with van der Waals surface area (Å²) in [6.45, 7) is 13.4. The highest BCUT2D eigenvalue weighted by Crippen LogP contribution is 2.36. The number of unbranched alkanes of at least 4 members (excludes halogenated alkanes) is 15. The molecule has 1 aliphatic carbocycles. The number of esters is 2. The van der Waals surface area contributed by atoms with Crippen molar-refractivity contribution in [2.45, 2.75) is 174 Å². The molecule has 0 aromatic carbocycles. The van der Waals surface area contributed by atoms with Crippen LogP contribution in [0.5, 0.6) is 0 Å². The molecule has 6 nitrogen and oxygen atoms in total. The molecular formula is C41H70O6. The van der Waals surface area contributed by atoms with Gasteiger partial charge < -0.3 is 19.7 Å². The Bertz CT molecular complexity index is 967. The molecule has 0 aliphatic heterocycles. The summed E-state index contributed by atoms with van der Waals surface area (Å²) in [7, 11) is 0. The summed E-state index contributed by atoms with van der Waals surface area (Å²) < 4.78 is 11.3. The molecule has 0 amide bonds. The predicted octanol–water partition coefficient (Wildman–Crippen LogP) is 10.3. The van der Waals surface area contributed by atoms with Gasteiger partial charge in [-0.3, -0.25) is 9.59 Å². The van der Waals surface area contributed by atoms with Crippen molar-refractivity contribution in [2.75, 3.05) is 13.2 Å². The van der Waals surface area contributed by atoms with Gasteiger partial charge >= 0.3 is 11.9 Å². The summed E-state index contributed by atoms with van der Waals surface area (Å²) in [5, 5.41) is 21.2. The number of ether oxygens (including phenoxy) is 2. The Morgan fingerprint density at radius 1 is 0.936 bits per heavy atom. The van der Waals surface area contributed by atoms with Crippen LogP contribution in [0.1, 0.15) is 163 Å². The third kappa shape index (κ3) is 22.9. The number of aliphatic hydroxyl groups is 2. The molecule has 3 atom stereocenters. The monoisotopic (exact) mass is 659 g/mol. The first-order valence-corrected chi connectivity index (χ1v) is 18.8. The van der Waals surface area contributed by atoms with Crippen molar-refractivity contribution in [2.24, 2.45) is 11.8 Å². The fourth-order valence-corrected chi connectivity index (χ4v) is 6.26. The van der Waals surface area contributed by atoms with Gasteiger partial charge in [-0.1, -0.05) is 146 Å². The van der Waals surface area contributed by atoms with Gasteiger partial charge in [-0.25, -0.2) is 0 Å². The summed E-state index contributed by atoms with van der Waals surface area (Å²) >= 11 is 0. The molecule has 0 saturated carbocycles.